The maximum atomic E-state index is 6.11. The standard InChI is InChI=1S/C19H17ClN4O/c20-16-4-5-18-15(9-16)13-24(7-8-25-18)12-14-10-22-19(23-11-14)17-3-1-2-6-21-17/h1-6,9-11H,7-8,12-13H2. The summed E-state index contributed by atoms with van der Waals surface area (Å²) in [7, 11) is 0. The number of benzene rings is 1. The first-order chi connectivity index (χ1) is 12.3. The fraction of sp³-hybridized carbons (Fsp3) is 0.211. The Labute approximate surface area is 151 Å². The van der Waals surface area contributed by atoms with Gasteiger partial charge in [0.05, 0.1) is 0 Å². The Balaban J connectivity index is 1.48. The molecule has 0 bridgehead atoms. The van der Waals surface area contributed by atoms with Crippen LogP contribution in [-0.4, -0.2) is 33.0 Å². The number of hydrogen-bond acceptors (Lipinski definition) is 5. The Hall–Kier alpha value is -2.50. The fourth-order valence-corrected chi connectivity index (χ4v) is 3.07. The number of fused-ring (bicyclic) bond motifs is 1. The zero-order valence-electron chi connectivity index (χ0n) is 13.6. The molecule has 3 heterocycles. The van der Waals surface area contributed by atoms with Gasteiger partial charge in [0.1, 0.15) is 18.1 Å². The summed E-state index contributed by atoms with van der Waals surface area (Å²) < 4.78 is 5.81. The van der Waals surface area contributed by atoms with Crippen LogP contribution < -0.4 is 4.74 Å². The lowest BCUT2D eigenvalue weighted by Crippen LogP contribution is -2.25. The second kappa shape index (κ2) is 7.17. The summed E-state index contributed by atoms with van der Waals surface area (Å²) in [6.45, 7) is 3.05. The van der Waals surface area contributed by atoms with Crippen LogP contribution in [0.1, 0.15) is 11.1 Å². The summed E-state index contributed by atoms with van der Waals surface area (Å²) in [6, 6.07) is 11.5. The van der Waals surface area contributed by atoms with E-state index in [9.17, 15) is 0 Å². The van der Waals surface area contributed by atoms with Gasteiger partial charge in [-0.3, -0.25) is 9.88 Å². The largest absolute Gasteiger partial charge is 0.492 e. The third-order valence-corrected chi connectivity index (χ3v) is 4.32. The number of aromatic nitrogens is 3. The van der Waals surface area contributed by atoms with Crippen molar-refractivity contribution in [1.82, 2.24) is 19.9 Å². The van der Waals surface area contributed by atoms with Crippen LogP contribution in [0.4, 0.5) is 0 Å². The molecule has 0 unspecified atom stereocenters. The molecule has 0 saturated carbocycles. The normalized spacial score (nSPS) is 14.4. The Bertz CT molecular complexity index is 855. The second-order valence-electron chi connectivity index (χ2n) is 5.94. The van der Waals surface area contributed by atoms with E-state index in [0.29, 0.717) is 12.4 Å². The van der Waals surface area contributed by atoms with E-state index in [0.717, 1.165) is 47.2 Å². The average Bonchev–Trinajstić information content (AvgIpc) is 2.84. The number of pyridine rings is 1. The summed E-state index contributed by atoms with van der Waals surface area (Å²) in [4.78, 5) is 15.5. The van der Waals surface area contributed by atoms with Crippen molar-refractivity contribution in [3.05, 3.63) is 71.1 Å². The molecular weight excluding hydrogens is 336 g/mol. The van der Waals surface area contributed by atoms with Gasteiger partial charge < -0.3 is 4.74 Å². The summed E-state index contributed by atoms with van der Waals surface area (Å²) in [5, 5.41) is 0.729. The van der Waals surface area contributed by atoms with E-state index in [2.05, 4.69) is 19.9 Å². The molecule has 0 radical (unpaired) electrons. The van der Waals surface area contributed by atoms with Crippen LogP contribution >= 0.6 is 11.6 Å². The minimum absolute atomic E-state index is 0.640. The summed E-state index contributed by atoms with van der Waals surface area (Å²) in [5.74, 6) is 1.55. The molecule has 25 heavy (non-hydrogen) atoms. The number of rotatable bonds is 3. The smallest absolute Gasteiger partial charge is 0.178 e. The van der Waals surface area contributed by atoms with Crippen LogP contribution in [0, 0.1) is 0 Å². The maximum absolute atomic E-state index is 6.11. The molecule has 1 aliphatic rings. The lowest BCUT2D eigenvalue weighted by atomic mass is 10.2. The maximum Gasteiger partial charge on any atom is 0.178 e. The van der Waals surface area contributed by atoms with Crippen molar-refractivity contribution in [3.8, 4) is 17.3 Å². The van der Waals surface area contributed by atoms with Gasteiger partial charge in [0.25, 0.3) is 0 Å². The van der Waals surface area contributed by atoms with E-state index >= 15 is 0 Å². The third kappa shape index (κ3) is 3.78. The highest BCUT2D eigenvalue weighted by Gasteiger charge is 2.16. The lowest BCUT2D eigenvalue weighted by molar-refractivity contribution is 0.219. The van der Waals surface area contributed by atoms with Gasteiger partial charge in [0, 0.05) is 54.4 Å². The van der Waals surface area contributed by atoms with Crippen molar-refractivity contribution in [2.75, 3.05) is 13.2 Å². The molecule has 6 heteroatoms. The van der Waals surface area contributed by atoms with Crippen LogP contribution in [0.3, 0.4) is 0 Å². The van der Waals surface area contributed by atoms with Gasteiger partial charge in [-0.25, -0.2) is 9.97 Å². The monoisotopic (exact) mass is 352 g/mol. The first kappa shape index (κ1) is 16.0. The zero-order chi connectivity index (χ0) is 17.1. The quantitative estimate of drug-likeness (QED) is 0.721. The Kier molecular flexibility index (Phi) is 4.59. The van der Waals surface area contributed by atoms with Crippen molar-refractivity contribution in [1.29, 1.82) is 0 Å². The molecule has 0 saturated heterocycles. The van der Waals surface area contributed by atoms with E-state index in [1.807, 2.05) is 48.8 Å². The Morgan fingerprint density at radius 3 is 2.76 bits per heavy atom. The molecule has 5 nitrogen and oxygen atoms in total. The van der Waals surface area contributed by atoms with Crippen LogP contribution in [0.25, 0.3) is 11.5 Å². The van der Waals surface area contributed by atoms with Crippen molar-refractivity contribution < 1.29 is 4.74 Å². The molecule has 0 fully saturated rings. The van der Waals surface area contributed by atoms with Crippen LogP contribution in [0.15, 0.2) is 55.0 Å². The Morgan fingerprint density at radius 1 is 1.08 bits per heavy atom. The van der Waals surface area contributed by atoms with Gasteiger partial charge in [-0.2, -0.15) is 0 Å². The molecule has 0 aliphatic carbocycles. The zero-order valence-corrected chi connectivity index (χ0v) is 14.4. The molecule has 0 atom stereocenters. The first-order valence-corrected chi connectivity index (χ1v) is 8.52. The molecule has 2 aromatic heterocycles. The molecule has 0 N–H and O–H groups in total. The topological polar surface area (TPSA) is 51.1 Å². The lowest BCUT2D eigenvalue weighted by Gasteiger charge is -2.19. The molecule has 1 aromatic carbocycles. The molecule has 0 amide bonds. The van der Waals surface area contributed by atoms with Crippen molar-refractivity contribution in [2.24, 2.45) is 0 Å². The van der Waals surface area contributed by atoms with Gasteiger partial charge in [-0.05, 0) is 30.3 Å². The van der Waals surface area contributed by atoms with Gasteiger partial charge in [0.2, 0.25) is 0 Å². The minimum Gasteiger partial charge on any atom is -0.492 e. The molecule has 0 spiro atoms. The Morgan fingerprint density at radius 2 is 1.96 bits per heavy atom. The van der Waals surface area contributed by atoms with Gasteiger partial charge >= 0.3 is 0 Å². The highest BCUT2D eigenvalue weighted by Crippen LogP contribution is 2.26. The van der Waals surface area contributed by atoms with Crippen molar-refractivity contribution >= 4 is 11.6 Å². The van der Waals surface area contributed by atoms with Crippen LogP contribution in [0.2, 0.25) is 5.02 Å². The molecule has 1 aliphatic heterocycles. The average molecular weight is 353 g/mol. The van der Waals surface area contributed by atoms with Crippen LogP contribution in [-0.2, 0) is 13.1 Å². The van der Waals surface area contributed by atoms with E-state index < -0.39 is 0 Å². The molecule has 4 rings (SSSR count). The van der Waals surface area contributed by atoms with Gasteiger partial charge in [-0.15, -0.1) is 0 Å². The van der Waals surface area contributed by atoms with Crippen molar-refractivity contribution in [3.63, 3.8) is 0 Å². The number of nitrogens with zero attached hydrogens (tertiary/aromatic N) is 4. The summed E-state index contributed by atoms with van der Waals surface area (Å²) in [6.07, 6.45) is 5.47. The van der Waals surface area contributed by atoms with Gasteiger partial charge in [0.15, 0.2) is 5.82 Å². The van der Waals surface area contributed by atoms with Gasteiger partial charge in [-0.1, -0.05) is 17.7 Å². The predicted molar refractivity (Wildman–Crippen MR) is 96.3 cm³/mol. The predicted octanol–water partition coefficient (Wildman–Crippen LogP) is 3.59. The second-order valence-corrected chi connectivity index (χ2v) is 6.38. The van der Waals surface area contributed by atoms with E-state index in [1.165, 1.54) is 0 Å². The van der Waals surface area contributed by atoms with Crippen LogP contribution in [0.5, 0.6) is 5.75 Å². The summed E-state index contributed by atoms with van der Waals surface area (Å²) >= 11 is 6.11. The molecule has 126 valence electrons. The highest BCUT2D eigenvalue weighted by atomic mass is 35.5. The van der Waals surface area contributed by atoms with E-state index in [4.69, 9.17) is 16.3 Å². The summed E-state index contributed by atoms with van der Waals surface area (Å²) in [5.41, 5.74) is 2.95. The minimum atomic E-state index is 0.640. The first-order valence-electron chi connectivity index (χ1n) is 8.14. The van der Waals surface area contributed by atoms with Crippen molar-refractivity contribution in [2.45, 2.75) is 13.1 Å². The van der Waals surface area contributed by atoms with E-state index in [-0.39, 0.29) is 0 Å². The fourth-order valence-electron chi connectivity index (χ4n) is 2.87. The molecule has 3 aromatic rings. The SMILES string of the molecule is Clc1ccc2c(c1)CN(Cc1cnc(-c3ccccn3)nc1)CCO2. The van der Waals surface area contributed by atoms with E-state index in [1.54, 1.807) is 6.20 Å². The third-order valence-electron chi connectivity index (χ3n) is 4.09. The highest BCUT2D eigenvalue weighted by molar-refractivity contribution is 6.30. The number of ether oxygens (including phenoxy) is 1. The molecular formula is C19H17ClN4O. The number of halogens is 1. The number of hydrogen-bond donors (Lipinski definition) is 0.